The van der Waals surface area contributed by atoms with E-state index in [1.807, 2.05) is 24.4 Å². The lowest BCUT2D eigenvalue weighted by Gasteiger charge is -1.93. The normalized spacial score (nSPS) is 9.64. The van der Waals surface area contributed by atoms with Gasteiger partial charge in [0.25, 0.3) is 0 Å². The molecule has 2 nitrogen and oxygen atoms in total. The van der Waals surface area contributed by atoms with E-state index in [2.05, 4.69) is 16.4 Å². The Morgan fingerprint density at radius 3 is 3.07 bits per heavy atom. The van der Waals surface area contributed by atoms with Crippen LogP contribution in [0.25, 0.3) is 11.1 Å². The summed E-state index contributed by atoms with van der Waals surface area (Å²) >= 11 is 1.62. The summed E-state index contributed by atoms with van der Waals surface area (Å²) in [5.41, 5.74) is 2.25. The third kappa shape index (κ3) is 1.81. The quantitative estimate of drug-likeness (QED) is 0.747. The summed E-state index contributed by atoms with van der Waals surface area (Å²) in [6.45, 7) is 0. The Labute approximate surface area is 86.5 Å². The Kier molecular flexibility index (Phi) is 2.57. The van der Waals surface area contributed by atoms with E-state index in [4.69, 9.17) is 5.26 Å². The van der Waals surface area contributed by atoms with Crippen molar-refractivity contribution >= 4 is 11.3 Å². The number of nitriles is 1. The number of aromatic nitrogens is 1. The first-order valence-corrected chi connectivity index (χ1v) is 5.13. The van der Waals surface area contributed by atoms with Gasteiger partial charge in [0.2, 0.25) is 0 Å². The van der Waals surface area contributed by atoms with Crippen molar-refractivity contribution in [2.24, 2.45) is 0 Å². The topological polar surface area (TPSA) is 36.7 Å². The summed E-state index contributed by atoms with van der Waals surface area (Å²) in [5.74, 6) is 0. The van der Waals surface area contributed by atoms with Crippen LogP contribution in [0.5, 0.6) is 0 Å². The smallest absolute Gasteiger partial charge is 0.0695 e. The fourth-order valence-corrected chi connectivity index (χ4v) is 2.06. The van der Waals surface area contributed by atoms with Gasteiger partial charge < -0.3 is 0 Å². The highest BCUT2D eigenvalue weighted by Gasteiger charge is 2.01. The highest BCUT2D eigenvalue weighted by Crippen LogP contribution is 2.24. The van der Waals surface area contributed by atoms with E-state index >= 15 is 0 Å². The van der Waals surface area contributed by atoms with Crippen LogP contribution in [0.2, 0.25) is 0 Å². The maximum atomic E-state index is 8.54. The van der Waals surface area contributed by atoms with Crippen molar-refractivity contribution in [2.45, 2.75) is 6.42 Å². The lowest BCUT2D eigenvalue weighted by molar-refractivity contribution is 1.31. The maximum Gasteiger partial charge on any atom is 0.0695 e. The van der Waals surface area contributed by atoms with Crippen LogP contribution in [0.15, 0.2) is 36.0 Å². The number of rotatable bonds is 2. The van der Waals surface area contributed by atoms with Crippen LogP contribution >= 0.6 is 11.3 Å². The zero-order chi connectivity index (χ0) is 9.80. The fourth-order valence-electron chi connectivity index (χ4n) is 1.24. The first kappa shape index (κ1) is 8.92. The molecule has 0 unspecified atom stereocenters. The van der Waals surface area contributed by atoms with Gasteiger partial charge in [0.1, 0.15) is 0 Å². The highest BCUT2D eigenvalue weighted by atomic mass is 32.1. The van der Waals surface area contributed by atoms with Gasteiger partial charge in [-0.2, -0.15) is 5.26 Å². The van der Waals surface area contributed by atoms with Gasteiger partial charge in [0.05, 0.1) is 12.5 Å². The Balaban J connectivity index is 2.31. The molecule has 0 saturated heterocycles. The summed E-state index contributed by atoms with van der Waals surface area (Å²) < 4.78 is 0. The number of thiophene rings is 1. The van der Waals surface area contributed by atoms with Crippen LogP contribution in [0, 0.1) is 11.3 Å². The molecule has 2 rings (SSSR count). The molecule has 0 aliphatic heterocycles. The average Bonchev–Trinajstić information content (AvgIpc) is 2.68. The Hall–Kier alpha value is -1.66. The molecule has 2 aromatic heterocycles. The zero-order valence-electron chi connectivity index (χ0n) is 7.47. The molecule has 68 valence electrons. The minimum absolute atomic E-state index is 0.491. The van der Waals surface area contributed by atoms with Gasteiger partial charge in [0.15, 0.2) is 0 Å². The largest absolute Gasteiger partial charge is 0.264 e. The average molecular weight is 200 g/mol. The fraction of sp³-hybridized carbons (Fsp3) is 0.0909. The van der Waals surface area contributed by atoms with Gasteiger partial charge in [0, 0.05) is 22.8 Å². The first-order chi connectivity index (χ1) is 6.90. The van der Waals surface area contributed by atoms with Crippen LogP contribution in [-0.4, -0.2) is 4.98 Å². The van der Waals surface area contributed by atoms with E-state index in [9.17, 15) is 0 Å². The molecule has 0 aromatic carbocycles. The molecule has 0 aliphatic carbocycles. The van der Waals surface area contributed by atoms with Crippen molar-refractivity contribution in [3.8, 4) is 17.2 Å². The van der Waals surface area contributed by atoms with Crippen molar-refractivity contribution in [1.29, 1.82) is 5.26 Å². The molecule has 0 spiro atoms. The summed E-state index contributed by atoms with van der Waals surface area (Å²) in [5, 5.41) is 10.6. The van der Waals surface area contributed by atoms with Crippen LogP contribution in [0.3, 0.4) is 0 Å². The predicted molar refractivity (Wildman–Crippen MR) is 56.9 cm³/mol. The molecule has 3 heteroatoms. The van der Waals surface area contributed by atoms with Crippen molar-refractivity contribution in [3.63, 3.8) is 0 Å². The minimum atomic E-state index is 0.491. The van der Waals surface area contributed by atoms with E-state index in [0.717, 1.165) is 16.0 Å². The van der Waals surface area contributed by atoms with Crippen LogP contribution in [-0.2, 0) is 6.42 Å². The van der Waals surface area contributed by atoms with Crippen molar-refractivity contribution < 1.29 is 0 Å². The lowest BCUT2D eigenvalue weighted by atomic mass is 10.1. The summed E-state index contributed by atoms with van der Waals surface area (Å²) in [7, 11) is 0. The molecule has 0 radical (unpaired) electrons. The SMILES string of the molecule is N#CCc1cc(-c2cccnc2)cs1. The summed E-state index contributed by atoms with van der Waals surface area (Å²) in [4.78, 5) is 5.16. The zero-order valence-corrected chi connectivity index (χ0v) is 8.29. The predicted octanol–water partition coefficient (Wildman–Crippen LogP) is 2.88. The summed E-state index contributed by atoms with van der Waals surface area (Å²) in [6.07, 6.45) is 4.08. The van der Waals surface area contributed by atoms with Gasteiger partial charge in [-0.1, -0.05) is 6.07 Å². The maximum absolute atomic E-state index is 8.54. The number of hydrogen-bond acceptors (Lipinski definition) is 3. The third-order valence-electron chi connectivity index (χ3n) is 1.90. The monoisotopic (exact) mass is 200 g/mol. The molecule has 14 heavy (non-hydrogen) atoms. The second-order valence-electron chi connectivity index (χ2n) is 2.88. The van der Waals surface area contributed by atoms with Crippen molar-refractivity contribution in [3.05, 3.63) is 40.8 Å². The molecule has 0 amide bonds. The first-order valence-electron chi connectivity index (χ1n) is 4.25. The Morgan fingerprint density at radius 2 is 2.36 bits per heavy atom. The molecule has 2 heterocycles. The van der Waals surface area contributed by atoms with Crippen LogP contribution in [0.1, 0.15) is 4.88 Å². The number of pyridine rings is 1. The van der Waals surface area contributed by atoms with E-state index in [1.54, 1.807) is 17.5 Å². The molecule has 0 N–H and O–H groups in total. The molecule has 0 saturated carbocycles. The van der Waals surface area contributed by atoms with Crippen LogP contribution in [0.4, 0.5) is 0 Å². The molecular weight excluding hydrogens is 192 g/mol. The Bertz CT molecular complexity index is 454. The molecular formula is C11H8N2S. The molecule has 0 atom stereocenters. The van der Waals surface area contributed by atoms with Gasteiger partial charge >= 0.3 is 0 Å². The van der Waals surface area contributed by atoms with Crippen LogP contribution < -0.4 is 0 Å². The molecule has 2 aromatic rings. The second kappa shape index (κ2) is 4.03. The van der Waals surface area contributed by atoms with E-state index < -0.39 is 0 Å². The van der Waals surface area contributed by atoms with Crippen molar-refractivity contribution in [2.75, 3.05) is 0 Å². The summed E-state index contributed by atoms with van der Waals surface area (Å²) in [6, 6.07) is 8.12. The van der Waals surface area contributed by atoms with Crippen molar-refractivity contribution in [1.82, 2.24) is 4.98 Å². The third-order valence-corrected chi connectivity index (χ3v) is 2.84. The van der Waals surface area contributed by atoms with Gasteiger partial charge in [-0.3, -0.25) is 4.98 Å². The van der Waals surface area contributed by atoms with Gasteiger partial charge in [-0.15, -0.1) is 11.3 Å². The van der Waals surface area contributed by atoms with Gasteiger partial charge in [-0.05, 0) is 23.1 Å². The van der Waals surface area contributed by atoms with E-state index in [1.165, 1.54) is 0 Å². The minimum Gasteiger partial charge on any atom is -0.264 e. The van der Waals surface area contributed by atoms with Gasteiger partial charge in [-0.25, -0.2) is 0 Å². The molecule has 0 fully saturated rings. The second-order valence-corrected chi connectivity index (χ2v) is 3.87. The lowest BCUT2D eigenvalue weighted by Crippen LogP contribution is -1.75. The standard InChI is InChI=1S/C11H8N2S/c12-4-3-11-6-10(8-14-11)9-2-1-5-13-7-9/h1-2,5-8H,3H2. The highest BCUT2D eigenvalue weighted by molar-refractivity contribution is 7.10. The number of hydrogen-bond donors (Lipinski definition) is 0. The number of nitrogens with zero attached hydrogens (tertiary/aromatic N) is 2. The molecule has 0 aliphatic rings. The Morgan fingerprint density at radius 1 is 1.43 bits per heavy atom. The molecule has 0 bridgehead atoms. The van der Waals surface area contributed by atoms with E-state index in [0.29, 0.717) is 6.42 Å². The van der Waals surface area contributed by atoms with E-state index in [-0.39, 0.29) is 0 Å².